The van der Waals surface area contributed by atoms with Crippen LogP contribution >= 0.6 is 0 Å². The molecule has 1 atom stereocenters. The van der Waals surface area contributed by atoms with Crippen LogP contribution in [0.1, 0.15) is 6.92 Å². The number of benzene rings is 1. The number of nitrogens with two attached hydrogens (primary N) is 1. The van der Waals surface area contributed by atoms with Crippen molar-refractivity contribution in [3.05, 3.63) is 30.3 Å². The largest absolute Gasteiger partial charge is 0.481 e. The third kappa shape index (κ3) is 4.00. The summed E-state index contributed by atoms with van der Waals surface area (Å²) in [6.07, 6.45) is -0.665. The minimum atomic E-state index is -0.665. The molecule has 1 unspecified atom stereocenters. The lowest BCUT2D eigenvalue weighted by Gasteiger charge is -2.13. The zero-order chi connectivity index (χ0) is 12.0. The fourth-order valence-corrected chi connectivity index (χ4v) is 1.07. The highest BCUT2D eigenvalue weighted by atomic mass is 16.5. The molecule has 0 aliphatic heterocycles. The first-order chi connectivity index (χ1) is 7.59. The molecule has 0 aliphatic rings. The van der Waals surface area contributed by atoms with Gasteiger partial charge in [-0.25, -0.2) is 0 Å². The number of carbonyl (C=O) groups excluding carboxylic acids is 2. The molecule has 0 spiro atoms. The zero-order valence-corrected chi connectivity index (χ0v) is 8.97. The van der Waals surface area contributed by atoms with Gasteiger partial charge in [-0.15, -0.1) is 0 Å². The molecule has 2 amide bonds. The Bertz CT molecular complexity index is 365. The highest BCUT2D eigenvalue weighted by molar-refractivity contribution is 5.86. The molecule has 5 heteroatoms. The molecule has 0 aliphatic carbocycles. The van der Waals surface area contributed by atoms with Crippen LogP contribution in [0.25, 0.3) is 0 Å². The number of ether oxygens (including phenoxy) is 1. The van der Waals surface area contributed by atoms with E-state index in [1.807, 2.05) is 18.2 Å². The second-order valence-corrected chi connectivity index (χ2v) is 3.26. The quantitative estimate of drug-likeness (QED) is 0.738. The fourth-order valence-electron chi connectivity index (χ4n) is 1.07. The molecule has 5 nitrogen and oxygen atoms in total. The van der Waals surface area contributed by atoms with Crippen LogP contribution in [0.3, 0.4) is 0 Å². The summed E-state index contributed by atoms with van der Waals surface area (Å²) in [5.74, 6) is -0.355. The predicted octanol–water partition coefficient (Wildman–Crippen LogP) is 0.0554. The van der Waals surface area contributed by atoms with Crippen molar-refractivity contribution in [1.82, 2.24) is 5.32 Å². The molecule has 3 N–H and O–H groups in total. The van der Waals surface area contributed by atoms with Crippen molar-refractivity contribution in [2.45, 2.75) is 13.0 Å². The molecule has 0 saturated heterocycles. The van der Waals surface area contributed by atoms with Gasteiger partial charge in [0.05, 0.1) is 6.54 Å². The van der Waals surface area contributed by atoms with Gasteiger partial charge in [0.2, 0.25) is 5.91 Å². The Balaban J connectivity index is 2.43. The van der Waals surface area contributed by atoms with Gasteiger partial charge in [0.15, 0.2) is 6.10 Å². The summed E-state index contributed by atoms with van der Waals surface area (Å²) in [5, 5.41) is 2.36. The van der Waals surface area contributed by atoms with E-state index in [2.05, 4.69) is 5.32 Å². The van der Waals surface area contributed by atoms with Crippen molar-refractivity contribution < 1.29 is 14.3 Å². The van der Waals surface area contributed by atoms with E-state index in [0.29, 0.717) is 5.75 Å². The molecule has 1 aromatic carbocycles. The molecule has 0 aromatic heterocycles. The van der Waals surface area contributed by atoms with Crippen molar-refractivity contribution in [1.29, 1.82) is 0 Å². The highest BCUT2D eigenvalue weighted by Gasteiger charge is 2.14. The first-order valence-corrected chi connectivity index (χ1v) is 4.87. The molecule has 0 radical (unpaired) electrons. The standard InChI is InChI=1S/C11H14N2O3/c1-8(11(15)13-7-10(12)14)16-9-5-3-2-4-6-9/h2-6,8H,7H2,1H3,(H2,12,14)(H,13,15). The number of hydrogen-bond acceptors (Lipinski definition) is 3. The van der Waals surface area contributed by atoms with Gasteiger partial charge in [0, 0.05) is 0 Å². The summed E-state index contributed by atoms with van der Waals surface area (Å²) < 4.78 is 5.34. The maximum absolute atomic E-state index is 11.4. The molecular weight excluding hydrogens is 208 g/mol. The van der Waals surface area contributed by atoms with Crippen LogP contribution in [0, 0.1) is 0 Å². The van der Waals surface area contributed by atoms with Crippen molar-refractivity contribution in [3.63, 3.8) is 0 Å². The molecule has 0 saturated carbocycles. The van der Waals surface area contributed by atoms with Crippen molar-refractivity contribution >= 4 is 11.8 Å². The van der Waals surface area contributed by atoms with E-state index in [9.17, 15) is 9.59 Å². The maximum Gasteiger partial charge on any atom is 0.261 e. The molecular formula is C11H14N2O3. The Morgan fingerprint density at radius 2 is 2.00 bits per heavy atom. The lowest BCUT2D eigenvalue weighted by molar-refractivity contribution is -0.129. The third-order valence-corrected chi connectivity index (χ3v) is 1.86. The van der Waals surface area contributed by atoms with Crippen molar-refractivity contribution in [2.24, 2.45) is 5.73 Å². The molecule has 0 bridgehead atoms. The minimum absolute atomic E-state index is 0.179. The van der Waals surface area contributed by atoms with E-state index in [-0.39, 0.29) is 12.5 Å². The maximum atomic E-state index is 11.4. The summed E-state index contributed by atoms with van der Waals surface area (Å²) in [4.78, 5) is 21.9. The van der Waals surface area contributed by atoms with E-state index in [1.54, 1.807) is 19.1 Å². The number of hydrogen-bond donors (Lipinski definition) is 2. The lowest BCUT2D eigenvalue weighted by Crippen LogP contribution is -2.40. The number of carbonyl (C=O) groups is 2. The van der Waals surface area contributed by atoms with Crippen LogP contribution in [-0.4, -0.2) is 24.5 Å². The summed E-state index contributed by atoms with van der Waals surface area (Å²) in [5.41, 5.74) is 4.90. The summed E-state index contributed by atoms with van der Waals surface area (Å²) in [7, 11) is 0. The monoisotopic (exact) mass is 222 g/mol. The van der Waals surface area contributed by atoms with Crippen LogP contribution in [0.15, 0.2) is 30.3 Å². The van der Waals surface area contributed by atoms with Gasteiger partial charge >= 0.3 is 0 Å². The smallest absolute Gasteiger partial charge is 0.261 e. The van der Waals surface area contributed by atoms with E-state index < -0.39 is 12.0 Å². The van der Waals surface area contributed by atoms with Crippen molar-refractivity contribution in [2.75, 3.05) is 6.54 Å². The Labute approximate surface area is 93.6 Å². The first kappa shape index (κ1) is 12.0. The second-order valence-electron chi connectivity index (χ2n) is 3.26. The topological polar surface area (TPSA) is 81.4 Å². The zero-order valence-electron chi connectivity index (χ0n) is 8.97. The highest BCUT2D eigenvalue weighted by Crippen LogP contribution is 2.10. The van der Waals surface area contributed by atoms with Gasteiger partial charge in [0.25, 0.3) is 5.91 Å². The second kappa shape index (κ2) is 5.75. The molecule has 1 rings (SSSR count). The van der Waals surface area contributed by atoms with Gasteiger partial charge in [-0.3, -0.25) is 9.59 Å². The van der Waals surface area contributed by atoms with Crippen LogP contribution in [-0.2, 0) is 9.59 Å². The predicted molar refractivity (Wildman–Crippen MR) is 58.7 cm³/mol. The van der Waals surface area contributed by atoms with Gasteiger partial charge in [-0.1, -0.05) is 18.2 Å². The normalized spacial score (nSPS) is 11.6. The lowest BCUT2D eigenvalue weighted by atomic mass is 10.3. The Hall–Kier alpha value is -2.04. The average molecular weight is 222 g/mol. The van der Waals surface area contributed by atoms with Crippen LogP contribution < -0.4 is 15.8 Å². The number of para-hydroxylation sites is 1. The Morgan fingerprint density at radius 1 is 1.38 bits per heavy atom. The van der Waals surface area contributed by atoms with Crippen LogP contribution in [0.5, 0.6) is 5.75 Å². The third-order valence-electron chi connectivity index (χ3n) is 1.86. The SMILES string of the molecule is CC(Oc1ccccc1)C(=O)NCC(N)=O. The fraction of sp³-hybridized carbons (Fsp3) is 0.273. The van der Waals surface area contributed by atoms with Crippen LogP contribution in [0.4, 0.5) is 0 Å². The summed E-state index contributed by atoms with van der Waals surface area (Å²) >= 11 is 0. The van der Waals surface area contributed by atoms with Crippen molar-refractivity contribution in [3.8, 4) is 5.75 Å². The number of primary amides is 1. The average Bonchev–Trinajstić information content (AvgIpc) is 2.27. The van der Waals surface area contributed by atoms with Gasteiger partial charge in [0.1, 0.15) is 5.75 Å². The molecule has 0 fully saturated rings. The Morgan fingerprint density at radius 3 is 2.56 bits per heavy atom. The van der Waals surface area contributed by atoms with Gasteiger partial charge in [-0.05, 0) is 19.1 Å². The van der Waals surface area contributed by atoms with Gasteiger partial charge in [-0.2, -0.15) is 0 Å². The van der Waals surface area contributed by atoms with Crippen LogP contribution in [0.2, 0.25) is 0 Å². The summed E-state index contributed by atoms with van der Waals surface area (Å²) in [6.45, 7) is 1.42. The van der Waals surface area contributed by atoms with E-state index in [0.717, 1.165) is 0 Å². The van der Waals surface area contributed by atoms with E-state index in [1.165, 1.54) is 0 Å². The minimum Gasteiger partial charge on any atom is -0.481 e. The first-order valence-electron chi connectivity index (χ1n) is 4.87. The summed E-state index contributed by atoms with van der Waals surface area (Å²) in [6, 6.07) is 8.97. The molecule has 86 valence electrons. The Kier molecular flexibility index (Phi) is 4.32. The number of amides is 2. The number of nitrogens with one attached hydrogen (secondary N) is 1. The van der Waals surface area contributed by atoms with Gasteiger partial charge < -0.3 is 15.8 Å². The van der Waals surface area contributed by atoms with E-state index >= 15 is 0 Å². The van der Waals surface area contributed by atoms with E-state index in [4.69, 9.17) is 10.5 Å². The molecule has 1 aromatic rings. The number of rotatable bonds is 5. The molecule has 16 heavy (non-hydrogen) atoms. The molecule has 0 heterocycles.